The molecule has 0 amide bonds. The van der Waals surface area contributed by atoms with Crippen LogP contribution in [0.15, 0.2) is 18.2 Å². The first-order valence-corrected chi connectivity index (χ1v) is 7.34. The molecule has 0 spiro atoms. The van der Waals surface area contributed by atoms with Crippen molar-refractivity contribution in [2.24, 2.45) is 5.73 Å². The Labute approximate surface area is 116 Å². The second-order valence-electron chi connectivity index (χ2n) is 5.04. The highest BCUT2D eigenvalue weighted by Crippen LogP contribution is 2.22. The van der Waals surface area contributed by atoms with Crippen LogP contribution in [0, 0.1) is 5.82 Å². The molecule has 108 valence electrons. The van der Waals surface area contributed by atoms with Crippen molar-refractivity contribution in [1.82, 2.24) is 0 Å². The summed E-state index contributed by atoms with van der Waals surface area (Å²) in [5.41, 5.74) is 6.95. The van der Waals surface area contributed by atoms with Crippen LogP contribution in [0.3, 0.4) is 0 Å². The number of ether oxygens (including phenoxy) is 1. The van der Waals surface area contributed by atoms with Gasteiger partial charge in [-0.2, -0.15) is 0 Å². The maximum absolute atomic E-state index is 13.3. The van der Waals surface area contributed by atoms with E-state index in [4.69, 9.17) is 10.5 Å². The van der Waals surface area contributed by atoms with Crippen molar-refractivity contribution in [1.29, 1.82) is 0 Å². The van der Waals surface area contributed by atoms with Crippen molar-refractivity contribution < 1.29 is 9.13 Å². The highest BCUT2D eigenvalue weighted by molar-refractivity contribution is 5.34. The molecule has 0 heterocycles. The average molecular weight is 267 g/mol. The van der Waals surface area contributed by atoms with E-state index in [0.29, 0.717) is 6.61 Å². The van der Waals surface area contributed by atoms with E-state index >= 15 is 0 Å². The van der Waals surface area contributed by atoms with E-state index in [-0.39, 0.29) is 11.9 Å². The van der Waals surface area contributed by atoms with Gasteiger partial charge in [0.15, 0.2) is 0 Å². The van der Waals surface area contributed by atoms with Gasteiger partial charge in [0.05, 0.1) is 6.61 Å². The van der Waals surface area contributed by atoms with Gasteiger partial charge in [-0.15, -0.1) is 0 Å². The highest BCUT2D eigenvalue weighted by Gasteiger charge is 2.07. The van der Waals surface area contributed by atoms with E-state index in [9.17, 15) is 4.39 Å². The minimum absolute atomic E-state index is 0.197. The Bertz CT molecular complexity index is 368. The fourth-order valence-electron chi connectivity index (χ4n) is 2.17. The third kappa shape index (κ3) is 6.06. The molecule has 0 aliphatic rings. The molecule has 1 atom stereocenters. The third-order valence-corrected chi connectivity index (χ3v) is 3.16. The topological polar surface area (TPSA) is 35.2 Å². The standard InChI is InChI=1S/C16H26FNO/c1-3-6-15(18)8-5-7-13-12-14(17)9-10-16(13)19-11-4-2/h9-10,12,15H,3-8,11,18H2,1-2H3. The molecule has 0 fully saturated rings. The summed E-state index contributed by atoms with van der Waals surface area (Å²) in [5, 5.41) is 0. The van der Waals surface area contributed by atoms with Crippen LogP contribution in [0.1, 0.15) is 51.5 Å². The zero-order chi connectivity index (χ0) is 14.1. The molecule has 1 aromatic rings. The van der Waals surface area contributed by atoms with Crippen LogP contribution in [0.5, 0.6) is 5.75 Å². The van der Waals surface area contributed by atoms with Crippen LogP contribution in [0.4, 0.5) is 4.39 Å². The predicted molar refractivity (Wildman–Crippen MR) is 78.0 cm³/mol. The molecule has 1 aromatic carbocycles. The summed E-state index contributed by atoms with van der Waals surface area (Å²) in [4.78, 5) is 0. The molecule has 0 radical (unpaired) electrons. The van der Waals surface area contributed by atoms with Gasteiger partial charge in [-0.25, -0.2) is 4.39 Å². The second kappa shape index (κ2) is 8.92. The summed E-state index contributed by atoms with van der Waals surface area (Å²) in [6.45, 7) is 4.88. The number of rotatable bonds is 9. The molecule has 2 nitrogen and oxygen atoms in total. The molecule has 2 N–H and O–H groups in total. The molecular weight excluding hydrogens is 241 g/mol. The number of halogens is 1. The normalized spacial score (nSPS) is 12.4. The fourth-order valence-corrected chi connectivity index (χ4v) is 2.17. The Balaban J connectivity index is 2.52. The molecule has 19 heavy (non-hydrogen) atoms. The summed E-state index contributed by atoms with van der Waals surface area (Å²) < 4.78 is 18.9. The number of aryl methyl sites for hydroxylation is 1. The van der Waals surface area contributed by atoms with E-state index in [1.807, 2.05) is 0 Å². The van der Waals surface area contributed by atoms with Crippen molar-refractivity contribution >= 4 is 0 Å². The molecule has 0 saturated heterocycles. The predicted octanol–water partition coefficient (Wildman–Crippen LogP) is 4.06. The molecule has 0 aromatic heterocycles. The maximum Gasteiger partial charge on any atom is 0.123 e. The van der Waals surface area contributed by atoms with Gasteiger partial charge in [-0.3, -0.25) is 0 Å². The molecule has 0 aliphatic heterocycles. The second-order valence-corrected chi connectivity index (χ2v) is 5.04. The van der Waals surface area contributed by atoms with Crippen LogP contribution in [0.2, 0.25) is 0 Å². The van der Waals surface area contributed by atoms with Crippen molar-refractivity contribution in [3.05, 3.63) is 29.6 Å². The summed E-state index contributed by atoms with van der Waals surface area (Å²) in [6.07, 6.45) is 5.92. The van der Waals surface area contributed by atoms with Crippen LogP contribution in [-0.4, -0.2) is 12.6 Å². The molecular formula is C16H26FNO. The molecule has 0 aliphatic carbocycles. The Morgan fingerprint density at radius 1 is 1.21 bits per heavy atom. The zero-order valence-corrected chi connectivity index (χ0v) is 12.1. The van der Waals surface area contributed by atoms with Crippen molar-refractivity contribution in [2.45, 2.75) is 58.4 Å². The quantitative estimate of drug-likeness (QED) is 0.732. The summed E-state index contributed by atoms with van der Waals surface area (Å²) >= 11 is 0. The molecule has 1 unspecified atom stereocenters. The smallest absolute Gasteiger partial charge is 0.123 e. The van der Waals surface area contributed by atoms with E-state index < -0.39 is 0 Å². The van der Waals surface area contributed by atoms with Gasteiger partial charge < -0.3 is 10.5 Å². The Hall–Kier alpha value is -1.09. The molecule has 1 rings (SSSR count). The fraction of sp³-hybridized carbons (Fsp3) is 0.625. The van der Waals surface area contributed by atoms with Gasteiger partial charge in [-0.1, -0.05) is 20.3 Å². The van der Waals surface area contributed by atoms with Gasteiger partial charge in [0, 0.05) is 6.04 Å². The minimum atomic E-state index is -0.197. The number of hydrogen-bond donors (Lipinski definition) is 1. The Morgan fingerprint density at radius 3 is 2.68 bits per heavy atom. The summed E-state index contributed by atoms with van der Waals surface area (Å²) in [5.74, 6) is 0.615. The first-order chi connectivity index (χ1) is 9.17. The van der Waals surface area contributed by atoms with Crippen LogP contribution in [0.25, 0.3) is 0 Å². The Kier molecular flexibility index (Phi) is 7.49. The van der Waals surface area contributed by atoms with Crippen LogP contribution < -0.4 is 10.5 Å². The van der Waals surface area contributed by atoms with Crippen LogP contribution in [-0.2, 0) is 6.42 Å². The van der Waals surface area contributed by atoms with Gasteiger partial charge >= 0.3 is 0 Å². The van der Waals surface area contributed by atoms with Crippen molar-refractivity contribution in [2.75, 3.05) is 6.61 Å². The lowest BCUT2D eigenvalue weighted by Crippen LogP contribution is -2.19. The van der Waals surface area contributed by atoms with E-state index in [0.717, 1.165) is 49.8 Å². The minimum Gasteiger partial charge on any atom is -0.493 e. The molecule has 0 saturated carbocycles. The number of hydrogen-bond acceptors (Lipinski definition) is 2. The van der Waals surface area contributed by atoms with Gasteiger partial charge in [0.2, 0.25) is 0 Å². The maximum atomic E-state index is 13.3. The molecule has 3 heteroatoms. The number of benzene rings is 1. The largest absolute Gasteiger partial charge is 0.493 e. The lowest BCUT2D eigenvalue weighted by molar-refractivity contribution is 0.313. The highest BCUT2D eigenvalue weighted by atomic mass is 19.1. The lowest BCUT2D eigenvalue weighted by atomic mass is 10.0. The van der Waals surface area contributed by atoms with E-state index in [1.165, 1.54) is 6.07 Å². The molecule has 0 bridgehead atoms. The number of nitrogens with two attached hydrogens (primary N) is 1. The third-order valence-electron chi connectivity index (χ3n) is 3.16. The summed E-state index contributed by atoms with van der Waals surface area (Å²) in [7, 11) is 0. The van der Waals surface area contributed by atoms with Crippen molar-refractivity contribution in [3.63, 3.8) is 0 Å². The van der Waals surface area contributed by atoms with Gasteiger partial charge in [0.25, 0.3) is 0 Å². The summed E-state index contributed by atoms with van der Waals surface area (Å²) in [6, 6.07) is 5.03. The average Bonchev–Trinajstić information content (AvgIpc) is 2.38. The van der Waals surface area contributed by atoms with Crippen molar-refractivity contribution in [3.8, 4) is 5.75 Å². The SMILES string of the molecule is CCCOc1ccc(F)cc1CCCC(N)CCC. The van der Waals surface area contributed by atoms with E-state index in [2.05, 4.69) is 13.8 Å². The Morgan fingerprint density at radius 2 is 2.00 bits per heavy atom. The first-order valence-electron chi connectivity index (χ1n) is 7.34. The zero-order valence-electron chi connectivity index (χ0n) is 12.1. The van der Waals surface area contributed by atoms with E-state index in [1.54, 1.807) is 12.1 Å². The monoisotopic (exact) mass is 267 g/mol. The van der Waals surface area contributed by atoms with Crippen LogP contribution >= 0.6 is 0 Å². The van der Waals surface area contributed by atoms with Gasteiger partial charge in [0.1, 0.15) is 11.6 Å². The van der Waals surface area contributed by atoms with Gasteiger partial charge in [-0.05, 0) is 55.9 Å². The first kappa shape index (κ1) is 16.0. The lowest BCUT2D eigenvalue weighted by Gasteiger charge is -2.13.